The second-order valence-corrected chi connectivity index (χ2v) is 10.1. The van der Waals surface area contributed by atoms with Gasteiger partial charge in [-0.2, -0.15) is 18.3 Å². The molecule has 3 aromatic heterocycles. The quantitative estimate of drug-likeness (QED) is 0.217. The molecule has 0 N–H and O–H groups in total. The number of aromatic nitrogens is 3. The Labute approximate surface area is 218 Å². The summed E-state index contributed by atoms with van der Waals surface area (Å²) in [5, 5.41) is 5.24. The molecule has 4 aromatic rings. The predicted octanol–water partition coefficient (Wildman–Crippen LogP) is 6.10. The smallest absolute Gasteiger partial charge is 0.419 e. The van der Waals surface area contributed by atoms with Crippen molar-refractivity contribution in [2.75, 3.05) is 6.61 Å². The monoisotopic (exact) mass is 543 g/mol. The number of alkyl halides is 3. The molecule has 0 spiro atoms. The van der Waals surface area contributed by atoms with Gasteiger partial charge in [0.2, 0.25) is 0 Å². The van der Waals surface area contributed by atoms with Crippen molar-refractivity contribution in [1.29, 1.82) is 0 Å². The molecule has 5 rings (SSSR count). The van der Waals surface area contributed by atoms with E-state index in [1.54, 1.807) is 26.2 Å². The molecule has 0 bridgehead atoms. The third-order valence-corrected chi connectivity index (χ3v) is 7.45. The molecule has 1 atom stereocenters. The number of pyridine rings is 1. The van der Waals surface area contributed by atoms with Crippen LogP contribution >= 0.6 is 11.3 Å². The first kappa shape index (κ1) is 25.8. The summed E-state index contributed by atoms with van der Waals surface area (Å²) in [6.45, 7) is 3.52. The summed E-state index contributed by atoms with van der Waals surface area (Å²) in [5.41, 5.74) is 0.213. The summed E-state index contributed by atoms with van der Waals surface area (Å²) < 4.78 is 61.8. The maximum Gasteiger partial charge on any atom is 0.419 e. The van der Waals surface area contributed by atoms with Gasteiger partial charge in [0.05, 0.1) is 12.2 Å². The first-order valence-electron chi connectivity index (χ1n) is 11.7. The summed E-state index contributed by atoms with van der Waals surface area (Å²) in [7, 11) is 0. The van der Waals surface area contributed by atoms with E-state index in [1.807, 2.05) is 12.1 Å². The summed E-state index contributed by atoms with van der Waals surface area (Å²) in [4.78, 5) is 31.0. The molecular weight excluding hydrogens is 522 g/mol. The van der Waals surface area contributed by atoms with Crippen LogP contribution in [0.3, 0.4) is 0 Å². The van der Waals surface area contributed by atoms with Crippen molar-refractivity contribution in [3.63, 3.8) is 0 Å². The number of halogens is 4. The van der Waals surface area contributed by atoms with Crippen LogP contribution in [0.1, 0.15) is 52.1 Å². The van der Waals surface area contributed by atoms with Crippen LogP contribution in [0.25, 0.3) is 10.1 Å². The maximum absolute atomic E-state index is 14.7. The van der Waals surface area contributed by atoms with Crippen LogP contribution in [-0.4, -0.2) is 33.1 Å². The number of hydrogen-bond donors (Lipinski definition) is 0. The zero-order valence-corrected chi connectivity index (χ0v) is 21.1. The maximum atomic E-state index is 14.7. The van der Waals surface area contributed by atoms with Crippen molar-refractivity contribution in [1.82, 2.24) is 14.8 Å². The van der Waals surface area contributed by atoms with E-state index in [-0.39, 0.29) is 36.5 Å². The molecule has 0 aliphatic carbocycles. The lowest BCUT2D eigenvalue weighted by Gasteiger charge is -2.29. The van der Waals surface area contributed by atoms with E-state index in [1.165, 1.54) is 22.1 Å². The lowest BCUT2D eigenvalue weighted by Crippen LogP contribution is -2.28. The molecule has 1 aromatic carbocycles. The minimum atomic E-state index is -4.87. The first-order chi connectivity index (χ1) is 18.1. The van der Waals surface area contributed by atoms with Crippen LogP contribution in [0.5, 0.6) is 0 Å². The molecule has 0 radical (unpaired) electrons. The number of ketones is 1. The number of nitrogens with zero attached hydrogens (tertiary/aromatic N) is 3. The van der Waals surface area contributed by atoms with Crippen molar-refractivity contribution in [3.05, 3.63) is 93.1 Å². The Balaban J connectivity index is 1.59. The molecule has 6 nitrogen and oxygen atoms in total. The SMILES string of the molecule is CCOC(=O)c1cc2n(n1)C(c1ccc(C(F)(F)F)c(F)c1)C(C(=O)Cc1cc3cnccc3s1)=C(C)C2. The van der Waals surface area contributed by atoms with Gasteiger partial charge in [-0.25, -0.2) is 9.18 Å². The van der Waals surface area contributed by atoms with E-state index in [4.69, 9.17) is 4.74 Å². The third-order valence-electron chi connectivity index (χ3n) is 6.34. The highest BCUT2D eigenvalue weighted by molar-refractivity contribution is 7.19. The van der Waals surface area contributed by atoms with E-state index in [0.29, 0.717) is 22.9 Å². The van der Waals surface area contributed by atoms with Crippen LogP contribution in [0.15, 0.2) is 59.9 Å². The molecule has 0 fully saturated rings. The highest BCUT2D eigenvalue weighted by atomic mass is 32.1. The van der Waals surface area contributed by atoms with Gasteiger partial charge in [-0.05, 0) is 49.7 Å². The fraction of sp³-hybridized carbons (Fsp3) is 0.259. The van der Waals surface area contributed by atoms with Crippen molar-refractivity contribution < 1.29 is 31.9 Å². The van der Waals surface area contributed by atoms with Gasteiger partial charge < -0.3 is 4.74 Å². The normalized spacial score (nSPS) is 15.6. The number of hydrogen-bond acceptors (Lipinski definition) is 6. The van der Waals surface area contributed by atoms with Gasteiger partial charge in [-0.1, -0.05) is 11.6 Å². The number of carbonyl (C=O) groups excluding carboxylic acids is 2. The van der Waals surface area contributed by atoms with Crippen molar-refractivity contribution >= 4 is 33.2 Å². The number of thiophene rings is 1. The number of esters is 1. The largest absolute Gasteiger partial charge is 0.461 e. The topological polar surface area (TPSA) is 74.1 Å². The molecular formula is C27H21F4N3O3S. The summed E-state index contributed by atoms with van der Waals surface area (Å²) in [6, 6.07) is 6.79. The minimum Gasteiger partial charge on any atom is -0.461 e. The number of benzene rings is 1. The van der Waals surface area contributed by atoms with Crippen LogP contribution in [0, 0.1) is 5.82 Å². The molecule has 0 saturated heterocycles. The van der Waals surface area contributed by atoms with E-state index >= 15 is 0 Å². The Hall–Kier alpha value is -3.86. The molecule has 38 heavy (non-hydrogen) atoms. The fourth-order valence-corrected chi connectivity index (χ4v) is 5.76. The number of rotatable bonds is 6. The van der Waals surface area contributed by atoms with Gasteiger partial charge in [0.1, 0.15) is 11.9 Å². The Morgan fingerprint density at radius 2 is 1.97 bits per heavy atom. The van der Waals surface area contributed by atoms with Crippen molar-refractivity contribution in [2.45, 2.75) is 38.9 Å². The Morgan fingerprint density at radius 3 is 2.66 bits per heavy atom. The average Bonchev–Trinajstić information content (AvgIpc) is 3.45. The average molecular weight is 544 g/mol. The molecule has 0 saturated carbocycles. The van der Waals surface area contributed by atoms with Gasteiger partial charge in [0, 0.05) is 51.5 Å². The van der Waals surface area contributed by atoms with Gasteiger partial charge in [-0.15, -0.1) is 11.3 Å². The molecule has 11 heteroatoms. The fourth-order valence-electron chi connectivity index (χ4n) is 4.73. The van der Waals surface area contributed by atoms with Crippen LogP contribution in [-0.2, 0) is 28.5 Å². The number of allylic oxidation sites excluding steroid dienone is 2. The second-order valence-electron chi connectivity index (χ2n) is 8.92. The summed E-state index contributed by atoms with van der Waals surface area (Å²) in [5.74, 6) is -2.40. The highest BCUT2D eigenvalue weighted by Gasteiger charge is 2.37. The zero-order chi connectivity index (χ0) is 27.2. The number of fused-ring (bicyclic) bond motifs is 2. The molecule has 1 aliphatic rings. The molecule has 1 aliphatic heterocycles. The molecule has 4 heterocycles. The predicted molar refractivity (Wildman–Crippen MR) is 132 cm³/mol. The van der Waals surface area contributed by atoms with Crippen molar-refractivity contribution in [3.8, 4) is 0 Å². The molecule has 1 unspecified atom stereocenters. The number of Topliss-reactive ketones (excluding diaryl/α,β-unsaturated/α-hetero) is 1. The lowest BCUT2D eigenvalue weighted by molar-refractivity contribution is -0.140. The van der Waals surface area contributed by atoms with Crippen LogP contribution < -0.4 is 0 Å². The van der Waals surface area contributed by atoms with Crippen LogP contribution in [0.2, 0.25) is 0 Å². The van der Waals surface area contributed by atoms with Gasteiger partial charge >= 0.3 is 12.1 Å². The zero-order valence-electron chi connectivity index (χ0n) is 20.3. The van der Waals surface area contributed by atoms with E-state index in [2.05, 4.69) is 10.1 Å². The van der Waals surface area contributed by atoms with Gasteiger partial charge in [0.25, 0.3) is 0 Å². The lowest BCUT2D eigenvalue weighted by atomic mass is 9.85. The number of carbonyl (C=O) groups is 2. The Kier molecular flexibility index (Phi) is 6.64. The highest BCUT2D eigenvalue weighted by Crippen LogP contribution is 2.39. The van der Waals surface area contributed by atoms with E-state index < -0.39 is 29.6 Å². The summed E-state index contributed by atoms with van der Waals surface area (Å²) >= 11 is 1.44. The standard InChI is InChI=1S/C27H21F4N3O3S/c1-3-37-26(36)21-11-17-8-14(2)24(22(35)12-18-9-16-13-32-7-6-23(16)38-18)25(34(17)33-21)15-4-5-19(20(28)10-15)27(29,30)31/h4-7,9-11,13,25H,3,8,12H2,1-2H3. The number of ether oxygens (including phenoxy) is 1. The first-order valence-corrected chi connectivity index (χ1v) is 12.6. The van der Waals surface area contributed by atoms with Gasteiger partial charge in [-0.3, -0.25) is 14.5 Å². The molecule has 196 valence electrons. The Morgan fingerprint density at radius 1 is 1.18 bits per heavy atom. The van der Waals surface area contributed by atoms with E-state index in [9.17, 15) is 27.2 Å². The minimum absolute atomic E-state index is 0.00209. The summed E-state index contributed by atoms with van der Waals surface area (Å²) in [6.07, 6.45) is -1.20. The van der Waals surface area contributed by atoms with Crippen LogP contribution in [0.4, 0.5) is 17.6 Å². The third kappa shape index (κ3) is 4.73. The van der Waals surface area contributed by atoms with E-state index in [0.717, 1.165) is 27.1 Å². The van der Waals surface area contributed by atoms with Gasteiger partial charge in [0.15, 0.2) is 11.5 Å². The second kappa shape index (κ2) is 9.79. The van der Waals surface area contributed by atoms with Crippen molar-refractivity contribution in [2.24, 2.45) is 0 Å². The Bertz CT molecular complexity index is 1570. The molecule has 0 amide bonds.